The van der Waals surface area contributed by atoms with Crippen LogP contribution in [0.3, 0.4) is 0 Å². The van der Waals surface area contributed by atoms with Crippen LogP contribution in [-0.4, -0.2) is 50.0 Å². The molecule has 1 aliphatic heterocycles. The molecule has 2 rings (SSSR count). The molecule has 0 bridgehead atoms. The standard InChI is InChI=1S/C16H21NO6/c1-16(9-21-2,15(19)20)17-14(18)11-6-10-7-12(22-3)4-5-13(10)23-8-11/h4-5,7,11H,6,8-9H2,1-3H3,(H,17,18)(H,19,20). The van der Waals surface area contributed by atoms with Gasteiger partial charge >= 0.3 is 5.97 Å². The molecule has 0 fully saturated rings. The van der Waals surface area contributed by atoms with Gasteiger partial charge in [0.25, 0.3) is 0 Å². The lowest BCUT2D eigenvalue weighted by Crippen LogP contribution is -2.57. The van der Waals surface area contributed by atoms with Crippen LogP contribution in [-0.2, 0) is 20.7 Å². The Morgan fingerprint density at radius 3 is 2.78 bits per heavy atom. The molecular weight excluding hydrogens is 302 g/mol. The monoisotopic (exact) mass is 323 g/mol. The molecule has 7 nitrogen and oxygen atoms in total. The molecule has 1 heterocycles. The second kappa shape index (κ2) is 6.87. The molecule has 0 saturated heterocycles. The van der Waals surface area contributed by atoms with Crippen molar-refractivity contribution in [1.29, 1.82) is 0 Å². The number of carboxylic acid groups (broad SMARTS) is 1. The number of rotatable bonds is 6. The van der Waals surface area contributed by atoms with Crippen LogP contribution in [0.25, 0.3) is 0 Å². The fourth-order valence-electron chi connectivity index (χ4n) is 2.48. The quantitative estimate of drug-likeness (QED) is 0.806. The Labute approximate surface area is 134 Å². The summed E-state index contributed by atoms with van der Waals surface area (Å²) in [6.07, 6.45) is 0.459. The zero-order valence-electron chi connectivity index (χ0n) is 13.4. The van der Waals surface area contributed by atoms with Crippen molar-refractivity contribution < 1.29 is 28.9 Å². The minimum absolute atomic E-state index is 0.119. The lowest BCUT2D eigenvalue weighted by atomic mass is 9.94. The number of nitrogens with one attached hydrogen (secondary N) is 1. The number of carbonyl (C=O) groups excluding carboxylic acids is 1. The number of fused-ring (bicyclic) bond motifs is 1. The first kappa shape index (κ1) is 17.1. The predicted octanol–water partition coefficient (Wildman–Crippen LogP) is 0.852. The normalized spacial score (nSPS) is 19.0. The number of hydrogen-bond acceptors (Lipinski definition) is 5. The molecule has 1 aromatic carbocycles. The summed E-state index contributed by atoms with van der Waals surface area (Å²) in [4.78, 5) is 23.8. The van der Waals surface area contributed by atoms with Gasteiger partial charge in [0.1, 0.15) is 18.1 Å². The van der Waals surface area contributed by atoms with Gasteiger partial charge in [0.15, 0.2) is 5.54 Å². The van der Waals surface area contributed by atoms with E-state index < -0.39 is 17.4 Å². The molecule has 0 radical (unpaired) electrons. The molecule has 1 aliphatic rings. The van der Waals surface area contributed by atoms with Crippen LogP contribution in [0.1, 0.15) is 12.5 Å². The first-order valence-corrected chi connectivity index (χ1v) is 7.23. The van der Waals surface area contributed by atoms with Crippen molar-refractivity contribution in [1.82, 2.24) is 5.32 Å². The van der Waals surface area contributed by atoms with E-state index in [4.69, 9.17) is 14.2 Å². The predicted molar refractivity (Wildman–Crippen MR) is 81.7 cm³/mol. The summed E-state index contributed by atoms with van der Waals surface area (Å²) in [5.74, 6) is -0.590. The van der Waals surface area contributed by atoms with Crippen molar-refractivity contribution >= 4 is 11.9 Å². The topological polar surface area (TPSA) is 94.1 Å². The Morgan fingerprint density at radius 2 is 2.17 bits per heavy atom. The average molecular weight is 323 g/mol. The van der Waals surface area contributed by atoms with Crippen LogP contribution in [0.15, 0.2) is 18.2 Å². The third kappa shape index (κ3) is 3.73. The average Bonchev–Trinajstić information content (AvgIpc) is 2.53. The maximum atomic E-state index is 12.4. The van der Waals surface area contributed by atoms with Gasteiger partial charge in [0.05, 0.1) is 19.6 Å². The molecule has 1 aromatic rings. The van der Waals surface area contributed by atoms with E-state index >= 15 is 0 Å². The summed E-state index contributed by atoms with van der Waals surface area (Å²) in [5.41, 5.74) is -0.611. The van der Waals surface area contributed by atoms with Gasteiger partial charge in [-0.3, -0.25) is 4.79 Å². The van der Waals surface area contributed by atoms with Gasteiger partial charge in [-0.2, -0.15) is 0 Å². The zero-order chi connectivity index (χ0) is 17.0. The molecule has 7 heteroatoms. The van der Waals surface area contributed by atoms with Crippen molar-refractivity contribution in [2.45, 2.75) is 18.9 Å². The largest absolute Gasteiger partial charge is 0.497 e. The zero-order valence-corrected chi connectivity index (χ0v) is 13.4. The van der Waals surface area contributed by atoms with Gasteiger partial charge in [0.2, 0.25) is 5.91 Å². The second-order valence-electron chi connectivity index (χ2n) is 5.75. The number of ether oxygens (including phenoxy) is 3. The van der Waals surface area contributed by atoms with E-state index in [1.807, 2.05) is 6.07 Å². The number of carboxylic acids is 1. The van der Waals surface area contributed by atoms with E-state index in [1.54, 1.807) is 19.2 Å². The van der Waals surface area contributed by atoms with Crippen molar-refractivity contribution in [3.8, 4) is 11.5 Å². The fourth-order valence-corrected chi connectivity index (χ4v) is 2.48. The van der Waals surface area contributed by atoms with E-state index in [9.17, 15) is 14.7 Å². The van der Waals surface area contributed by atoms with E-state index in [0.717, 1.165) is 5.56 Å². The fraction of sp³-hybridized carbons (Fsp3) is 0.500. The highest BCUT2D eigenvalue weighted by Crippen LogP contribution is 2.30. The molecule has 0 aromatic heterocycles. The lowest BCUT2D eigenvalue weighted by Gasteiger charge is -2.30. The van der Waals surface area contributed by atoms with Crippen LogP contribution in [0.5, 0.6) is 11.5 Å². The smallest absolute Gasteiger partial charge is 0.331 e. The van der Waals surface area contributed by atoms with Crippen molar-refractivity contribution in [3.63, 3.8) is 0 Å². The molecule has 2 N–H and O–H groups in total. The Hall–Kier alpha value is -2.28. The van der Waals surface area contributed by atoms with E-state index in [2.05, 4.69) is 5.32 Å². The Morgan fingerprint density at radius 1 is 1.43 bits per heavy atom. The van der Waals surface area contributed by atoms with Crippen LogP contribution in [0.2, 0.25) is 0 Å². The number of carbonyl (C=O) groups is 2. The molecule has 2 unspecified atom stereocenters. The first-order valence-electron chi connectivity index (χ1n) is 7.23. The minimum Gasteiger partial charge on any atom is -0.497 e. The van der Waals surface area contributed by atoms with Crippen LogP contribution in [0.4, 0.5) is 0 Å². The highest BCUT2D eigenvalue weighted by atomic mass is 16.5. The second-order valence-corrected chi connectivity index (χ2v) is 5.75. The number of amides is 1. The summed E-state index contributed by atoms with van der Waals surface area (Å²) in [6.45, 7) is 1.50. The number of aliphatic carboxylic acids is 1. The van der Waals surface area contributed by atoms with E-state index in [0.29, 0.717) is 17.9 Å². The van der Waals surface area contributed by atoms with Gasteiger partial charge in [-0.25, -0.2) is 4.79 Å². The molecule has 1 amide bonds. The van der Waals surface area contributed by atoms with Gasteiger partial charge < -0.3 is 24.6 Å². The summed E-state index contributed by atoms with van der Waals surface area (Å²) in [7, 11) is 2.96. The Balaban J connectivity index is 2.10. The van der Waals surface area contributed by atoms with Crippen molar-refractivity contribution in [2.75, 3.05) is 27.4 Å². The summed E-state index contributed by atoms with van der Waals surface area (Å²) >= 11 is 0. The first-order chi connectivity index (χ1) is 10.9. The lowest BCUT2D eigenvalue weighted by molar-refractivity contribution is -0.150. The molecule has 23 heavy (non-hydrogen) atoms. The van der Waals surface area contributed by atoms with Crippen LogP contribution < -0.4 is 14.8 Å². The molecule has 0 aliphatic carbocycles. The highest BCUT2D eigenvalue weighted by Gasteiger charge is 2.38. The van der Waals surface area contributed by atoms with Crippen LogP contribution in [0, 0.1) is 5.92 Å². The highest BCUT2D eigenvalue weighted by molar-refractivity contribution is 5.88. The van der Waals surface area contributed by atoms with Gasteiger partial charge in [-0.1, -0.05) is 0 Å². The van der Waals surface area contributed by atoms with Gasteiger partial charge in [-0.15, -0.1) is 0 Å². The van der Waals surface area contributed by atoms with Crippen molar-refractivity contribution in [3.05, 3.63) is 23.8 Å². The third-order valence-electron chi connectivity index (χ3n) is 3.85. The Kier molecular flexibility index (Phi) is 5.10. The summed E-state index contributed by atoms with van der Waals surface area (Å²) < 4.78 is 15.7. The maximum absolute atomic E-state index is 12.4. The van der Waals surface area contributed by atoms with E-state index in [-0.39, 0.29) is 19.1 Å². The maximum Gasteiger partial charge on any atom is 0.331 e. The third-order valence-corrected chi connectivity index (χ3v) is 3.85. The van der Waals surface area contributed by atoms with Gasteiger partial charge in [-0.05, 0) is 37.1 Å². The number of benzene rings is 1. The number of hydrogen-bond donors (Lipinski definition) is 2. The van der Waals surface area contributed by atoms with Crippen molar-refractivity contribution in [2.24, 2.45) is 5.92 Å². The summed E-state index contributed by atoms with van der Waals surface area (Å²) in [5, 5.41) is 11.8. The minimum atomic E-state index is -1.47. The SMILES string of the molecule is COCC(C)(NC(=O)C1COc2ccc(OC)cc2C1)C(=O)O. The van der Waals surface area contributed by atoms with E-state index in [1.165, 1.54) is 14.0 Å². The summed E-state index contributed by atoms with van der Waals surface area (Å²) in [6, 6.07) is 5.41. The van der Waals surface area contributed by atoms with Gasteiger partial charge in [0, 0.05) is 7.11 Å². The number of methoxy groups -OCH3 is 2. The molecule has 2 atom stereocenters. The molecule has 0 spiro atoms. The molecule has 0 saturated carbocycles. The Bertz CT molecular complexity index is 602. The van der Waals surface area contributed by atoms with Crippen LogP contribution >= 0.6 is 0 Å². The molecule has 126 valence electrons. The molecular formula is C16H21NO6.